The molecule has 0 bridgehead atoms. The molecule has 6 nitrogen and oxygen atoms in total. The van der Waals surface area contributed by atoms with Crippen LogP contribution in [0.25, 0.3) is 0 Å². The van der Waals surface area contributed by atoms with Gasteiger partial charge in [0.05, 0.1) is 12.9 Å². The number of aromatic nitrogens is 2. The van der Waals surface area contributed by atoms with Gasteiger partial charge in [-0.15, -0.1) is 24.0 Å². The Kier molecular flexibility index (Phi) is 7.90. The van der Waals surface area contributed by atoms with Crippen LogP contribution in [0, 0.1) is 5.92 Å². The molecule has 0 spiro atoms. The van der Waals surface area contributed by atoms with E-state index in [2.05, 4.69) is 24.8 Å². The molecule has 1 saturated heterocycles. The Labute approximate surface area is 137 Å². The van der Waals surface area contributed by atoms with Gasteiger partial charge in [-0.1, -0.05) is 0 Å². The number of halogens is 1. The van der Waals surface area contributed by atoms with E-state index in [9.17, 15) is 0 Å². The maximum atomic E-state index is 5.22. The molecule has 1 atom stereocenters. The monoisotopic (exact) mass is 393 g/mol. The van der Waals surface area contributed by atoms with Crippen molar-refractivity contribution in [1.82, 2.24) is 19.8 Å². The molecule has 2 heterocycles. The number of ether oxygens (including phenoxy) is 1. The second-order valence-electron chi connectivity index (χ2n) is 4.83. The minimum atomic E-state index is 0. The lowest BCUT2D eigenvalue weighted by atomic mass is 10.1. The zero-order valence-corrected chi connectivity index (χ0v) is 14.5. The molecule has 114 valence electrons. The van der Waals surface area contributed by atoms with Gasteiger partial charge in [0.15, 0.2) is 5.96 Å². The van der Waals surface area contributed by atoms with Crippen molar-refractivity contribution in [3.05, 3.63) is 18.7 Å². The van der Waals surface area contributed by atoms with Crippen molar-refractivity contribution in [2.75, 3.05) is 40.4 Å². The van der Waals surface area contributed by atoms with Gasteiger partial charge in [-0.3, -0.25) is 4.99 Å². The molecular formula is C13H24IN5O. The number of hydrogen-bond donors (Lipinski definition) is 1. The summed E-state index contributed by atoms with van der Waals surface area (Å²) >= 11 is 0. The first kappa shape index (κ1) is 17.2. The van der Waals surface area contributed by atoms with Crippen molar-refractivity contribution in [1.29, 1.82) is 0 Å². The van der Waals surface area contributed by atoms with E-state index < -0.39 is 0 Å². The van der Waals surface area contributed by atoms with E-state index in [0.717, 1.165) is 38.7 Å². The van der Waals surface area contributed by atoms with Crippen LogP contribution in [0.3, 0.4) is 0 Å². The summed E-state index contributed by atoms with van der Waals surface area (Å²) in [5, 5.41) is 3.40. The minimum absolute atomic E-state index is 0. The van der Waals surface area contributed by atoms with E-state index in [0.29, 0.717) is 5.92 Å². The third-order valence-electron chi connectivity index (χ3n) is 3.41. The van der Waals surface area contributed by atoms with Gasteiger partial charge in [0, 0.05) is 58.6 Å². The summed E-state index contributed by atoms with van der Waals surface area (Å²) in [6, 6.07) is 0. The van der Waals surface area contributed by atoms with Crippen LogP contribution in [-0.4, -0.2) is 60.8 Å². The fourth-order valence-corrected chi connectivity index (χ4v) is 2.44. The summed E-state index contributed by atoms with van der Waals surface area (Å²) in [5.41, 5.74) is 0. The lowest BCUT2D eigenvalue weighted by Crippen LogP contribution is -2.41. The van der Waals surface area contributed by atoms with Gasteiger partial charge >= 0.3 is 0 Å². The molecule has 7 heteroatoms. The van der Waals surface area contributed by atoms with Crippen molar-refractivity contribution in [3.63, 3.8) is 0 Å². The second-order valence-corrected chi connectivity index (χ2v) is 4.83. The Morgan fingerprint density at radius 3 is 3.05 bits per heavy atom. The maximum Gasteiger partial charge on any atom is 0.193 e. The number of methoxy groups -OCH3 is 1. The first-order valence-electron chi connectivity index (χ1n) is 6.73. The van der Waals surface area contributed by atoms with Gasteiger partial charge in [-0.25, -0.2) is 4.98 Å². The van der Waals surface area contributed by atoms with E-state index in [1.54, 1.807) is 13.3 Å². The molecule has 1 aromatic heterocycles. The summed E-state index contributed by atoms with van der Waals surface area (Å²) < 4.78 is 7.27. The predicted octanol–water partition coefficient (Wildman–Crippen LogP) is 1.04. The van der Waals surface area contributed by atoms with E-state index in [4.69, 9.17) is 4.74 Å². The van der Waals surface area contributed by atoms with Crippen molar-refractivity contribution < 1.29 is 4.74 Å². The number of rotatable bonds is 5. The number of nitrogens with one attached hydrogen (secondary N) is 1. The normalized spacial score (nSPS) is 19.0. The van der Waals surface area contributed by atoms with Crippen LogP contribution in [0.4, 0.5) is 0 Å². The van der Waals surface area contributed by atoms with Gasteiger partial charge < -0.3 is 19.5 Å². The van der Waals surface area contributed by atoms with Crippen LogP contribution in [0.2, 0.25) is 0 Å². The molecule has 0 radical (unpaired) electrons. The summed E-state index contributed by atoms with van der Waals surface area (Å²) in [5.74, 6) is 1.61. The quantitative estimate of drug-likeness (QED) is 0.462. The third-order valence-corrected chi connectivity index (χ3v) is 3.41. The van der Waals surface area contributed by atoms with Crippen molar-refractivity contribution in [2.24, 2.45) is 10.9 Å². The van der Waals surface area contributed by atoms with E-state index in [-0.39, 0.29) is 24.0 Å². The number of likely N-dealkylation sites (tertiary alicyclic amines) is 1. The van der Waals surface area contributed by atoms with Gasteiger partial charge in [0.2, 0.25) is 0 Å². The summed E-state index contributed by atoms with van der Waals surface area (Å²) in [6.45, 7) is 4.67. The van der Waals surface area contributed by atoms with Gasteiger partial charge in [0.25, 0.3) is 0 Å². The smallest absolute Gasteiger partial charge is 0.193 e. The molecule has 1 aromatic rings. The van der Waals surface area contributed by atoms with Gasteiger partial charge in [0.1, 0.15) is 0 Å². The largest absolute Gasteiger partial charge is 0.384 e. The predicted molar refractivity (Wildman–Crippen MR) is 90.6 cm³/mol. The van der Waals surface area contributed by atoms with Gasteiger partial charge in [-0.2, -0.15) is 0 Å². The topological polar surface area (TPSA) is 54.7 Å². The molecule has 1 unspecified atom stereocenters. The number of guanidine groups is 1. The first-order valence-corrected chi connectivity index (χ1v) is 6.73. The fourth-order valence-electron chi connectivity index (χ4n) is 2.44. The summed E-state index contributed by atoms with van der Waals surface area (Å²) in [6.07, 6.45) is 6.77. The Bertz CT molecular complexity index is 395. The van der Waals surface area contributed by atoms with E-state index >= 15 is 0 Å². The average Bonchev–Trinajstić information content (AvgIpc) is 3.06. The van der Waals surface area contributed by atoms with Crippen LogP contribution in [-0.2, 0) is 11.3 Å². The number of hydrogen-bond acceptors (Lipinski definition) is 3. The average molecular weight is 393 g/mol. The van der Waals surface area contributed by atoms with Crippen molar-refractivity contribution in [3.8, 4) is 0 Å². The van der Waals surface area contributed by atoms with Crippen LogP contribution >= 0.6 is 24.0 Å². The zero-order chi connectivity index (χ0) is 13.5. The van der Waals surface area contributed by atoms with Crippen molar-refractivity contribution in [2.45, 2.75) is 13.0 Å². The molecule has 1 fully saturated rings. The van der Waals surface area contributed by atoms with Crippen LogP contribution in [0.1, 0.15) is 6.42 Å². The van der Waals surface area contributed by atoms with Gasteiger partial charge in [-0.05, 0) is 6.42 Å². The molecule has 0 saturated carbocycles. The third kappa shape index (κ3) is 4.93. The Morgan fingerprint density at radius 1 is 1.55 bits per heavy atom. The Hall–Kier alpha value is -0.830. The zero-order valence-electron chi connectivity index (χ0n) is 12.2. The molecule has 0 aliphatic carbocycles. The standard InChI is InChI=1S/C13H23N5O.HI/c1-14-13(16-5-8-17-7-4-15-11-17)18-6-3-12(9-18)10-19-2;/h4,7,11-12H,3,5-6,8-10H2,1-2H3,(H,14,16);1H. The van der Waals surface area contributed by atoms with Crippen LogP contribution in [0.5, 0.6) is 0 Å². The maximum absolute atomic E-state index is 5.22. The number of nitrogens with zero attached hydrogens (tertiary/aromatic N) is 4. The molecule has 1 aliphatic heterocycles. The molecular weight excluding hydrogens is 369 g/mol. The first-order chi connectivity index (χ1) is 9.33. The fraction of sp³-hybridized carbons (Fsp3) is 0.692. The van der Waals surface area contributed by atoms with Crippen molar-refractivity contribution >= 4 is 29.9 Å². The molecule has 2 rings (SSSR count). The van der Waals surface area contributed by atoms with E-state index in [1.165, 1.54) is 6.42 Å². The molecule has 20 heavy (non-hydrogen) atoms. The van der Waals surface area contributed by atoms with Crippen LogP contribution in [0.15, 0.2) is 23.7 Å². The summed E-state index contributed by atoms with van der Waals surface area (Å²) in [4.78, 5) is 10.7. The highest BCUT2D eigenvalue weighted by atomic mass is 127. The highest BCUT2D eigenvalue weighted by Crippen LogP contribution is 2.16. The number of imidazole rings is 1. The highest BCUT2D eigenvalue weighted by molar-refractivity contribution is 14.0. The highest BCUT2D eigenvalue weighted by Gasteiger charge is 2.24. The Morgan fingerprint density at radius 2 is 2.40 bits per heavy atom. The molecule has 1 N–H and O–H groups in total. The molecule has 0 aromatic carbocycles. The molecule has 1 aliphatic rings. The van der Waals surface area contributed by atoms with E-state index in [1.807, 2.05) is 19.6 Å². The second kappa shape index (κ2) is 9.17. The SMILES string of the molecule is CN=C(NCCn1ccnc1)N1CCC(COC)C1.I. The van der Waals surface area contributed by atoms with Crippen LogP contribution < -0.4 is 5.32 Å². The number of aliphatic imine (C=N–C) groups is 1. The minimum Gasteiger partial charge on any atom is -0.384 e. The lowest BCUT2D eigenvalue weighted by molar-refractivity contribution is 0.157. The lowest BCUT2D eigenvalue weighted by Gasteiger charge is -2.21. The summed E-state index contributed by atoms with van der Waals surface area (Å²) in [7, 11) is 3.60. The Balaban J connectivity index is 0.00000200. The molecule has 0 amide bonds.